The summed E-state index contributed by atoms with van der Waals surface area (Å²) in [7, 11) is 0. The molecule has 126 valence electrons. The third kappa shape index (κ3) is 4.71. The van der Waals surface area contributed by atoms with Gasteiger partial charge in [-0.3, -0.25) is 0 Å². The third-order valence-corrected chi connectivity index (χ3v) is 4.86. The fourth-order valence-electron chi connectivity index (χ4n) is 1.77. The molecule has 5 nitrogen and oxygen atoms in total. The van der Waals surface area contributed by atoms with E-state index < -0.39 is 12.7 Å². The van der Waals surface area contributed by atoms with Crippen molar-refractivity contribution in [2.75, 3.05) is 11.9 Å². The molecule has 0 saturated carbocycles. The molecule has 0 aliphatic heterocycles. The molecule has 0 aliphatic rings. The molecule has 0 bridgehead atoms. The van der Waals surface area contributed by atoms with Crippen molar-refractivity contribution < 1.29 is 17.7 Å². The van der Waals surface area contributed by atoms with Crippen LogP contribution in [0.1, 0.15) is 5.69 Å². The predicted molar refractivity (Wildman–Crippen MR) is 86.0 cm³/mol. The number of nitrogens with one attached hydrogen (secondary N) is 1. The fraction of sp³-hybridized carbons (Fsp3) is 0.214. The van der Waals surface area contributed by atoms with Crippen LogP contribution in [0.2, 0.25) is 0 Å². The number of nitrogens with zero attached hydrogens (tertiary/aromatic N) is 3. The Morgan fingerprint density at radius 3 is 2.71 bits per heavy atom. The van der Waals surface area contributed by atoms with Gasteiger partial charge in [0.15, 0.2) is 10.1 Å². The number of halogens is 3. The first-order valence-corrected chi connectivity index (χ1v) is 8.58. The number of thioether (sulfide) groups is 1. The lowest BCUT2D eigenvalue weighted by Gasteiger charge is -2.05. The number of alkyl halides is 3. The minimum Gasteiger partial charge on any atom is -0.356 e. The number of hydrogen-bond donors (Lipinski definition) is 1. The van der Waals surface area contributed by atoms with Crippen molar-refractivity contribution in [2.24, 2.45) is 0 Å². The van der Waals surface area contributed by atoms with Crippen LogP contribution in [0.3, 0.4) is 0 Å². The Bertz CT molecular complexity index is 789. The van der Waals surface area contributed by atoms with E-state index in [9.17, 15) is 13.2 Å². The quantitative estimate of drug-likeness (QED) is 0.645. The van der Waals surface area contributed by atoms with Crippen LogP contribution in [0.15, 0.2) is 45.3 Å². The monoisotopic (exact) mass is 372 g/mol. The normalized spacial score (nSPS) is 11.6. The van der Waals surface area contributed by atoms with E-state index in [0.717, 1.165) is 22.6 Å². The smallest absolute Gasteiger partial charge is 0.356 e. The van der Waals surface area contributed by atoms with Crippen molar-refractivity contribution >= 4 is 28.2 Å². The van der Waals surface area contributed by atoms with Crippen LogP contribution < -0.4 is 5.32 Å². The van der Waals surface area contributed by atoms with Crippen LogP contribution >= 0.6 is 23.1 Å². The minimum absolute atomic E-state index is 0.139. The molecule has 3 aromatic rings. The van der Waals surface area contributed by atoms with Gasteiger partial charge in [0.05, 0.1) is 5.69 Å². The predicted octanol–water partition coefficient (Wildman–Crippen LogP) is 4.46. The van der Waals surface area contributed by atoms with Crippen LogP contribution in [0.5, 0.6) is 0 Å². The van der Waals surface area contributed by atoms with Crippen molar-refractivity contribution in [1.82, 2.24) is 15.4 Å². The molecule has 1 N–H and O–H groups in total. The maximum absolute atomic E-state index is 12.1. The van der Waals surface area contributed by atoms with E-state index in [2.05, 4.69) is 20.7 Å². The first-order chi connectivity index (χ1) is 11.5. The average molecular weight is 372 g/mol. The molecule has 2 aromatic heterocycles. The van der Waals surface area contributed by atoms with Crippen LogP contribution in [0.25, 0.3) is 11.3 Å². The zero-order valence-corrected chi connectivity index (χ0v) is 13.7. The molecule has 0 unspecified atom stereocenters. The molecule has 0 spiro atoms. The van der Waals surface area contributed by atoms with Crippen LogP contribution in [0, 0.1) is 0 Å². The number of benzene rings is 1. The maximum atomic E-state index is 12.1. The number of anilines is 1. The summed E-state index contributed by atoms with van der Waals surface area (Å²) in [6, 6.07) is 11.4. The van der Waals surface area contributed by atoms with Gasteiger partial charge in [-0.2, -0.15) is 13.2 Å². The Hall–Kier alpha value is -2.07. The Balaban J connectivity index is 1.55. The highest BCUT2D eigenvalue weighted by Gasteiger charge is 2.27. The third-order valence-electron chi connectivity index (χ3n) is 2.81. The summed E-state index contributed by atoms with van der Waals surface area (Å²) in [4.78, 5) is 0. The van der Waals surface area contributed by atoms with Gasteiger partial charge in [-0.05, 0) is 0 Å². The van der Waals surface area contributed by atoms with Crippen molar-refractivity contribution in [2.45, 2.75) is 16.3 Å². The topological polar surface area (TPSA) is 63.8 Å². The number of hydrogen-bond acceptors (Lipinski definition) is 7. The van der Waals surface area contributed by atoms with E-state index in [0.29, 0.717) is 15.9 Å². The highest BCUT2D eigenvalue weighted by atomic mass is 32.2. The average Bonchev–Trinajstić information content (AvgIpc) is 3.20. The van der Waals surface area contributed by atoms with Gasteiger partial charge in [-0.15, -0.1) is 10.2 Å². The van der Waals surface area contributed by atoms with Crippen LogP contribution in [-0.2, 0) is 5.75 Å². The molecule has 0 atom stereocenters. The molecule has 1 aromatic carbocycles. The summed E-state index contributed by atoms with van der Waals surface area (Å²) >= 11 is 2.40. The maximum Gasteiger partial charge on any atom is 0.405 e. The molecule has 0 saturated heterocycles. The van der Waals surface area contributed by atoms with E-state index in [-0.39, 0.29) is 5.13 Å². The van der Waals surface area contributed by atoms with Gasteiger partial charge in [0, 0.05) is 17.4 Å². The highest BCUT2D eigenvalue weighted by Crippen LogP contribution is 2.30. The Morgan fingerprint density at radius 1 is 1.17 bits per heavy atom. The number of aromatic nitrogens is 3. The van der Waals surface area contributed by atoms with Crippen molar-refractivity contribution in [3.63, 3.8) is 0 Å². The van der Waals surface area contributed by atoms with E-state index in [1.165, 1.54) is 11.8 Å². The zero-order chi connectivity index (χ0) is 17.0. The standard InChI is InChI=1S/C14H11F3N4OS2/c15-14(16,17)8-18-12-19-20-13(24-12)23-7-10-6-11(22-21-10)9-4-2-1-3-5-9/h1-6H,7-8H2,(H,18,19). The van der Waals surface area contributed by atoms with Crippen LogP contribution in [-0.4, -0.2) is 28.1 Å². The summed E-state index contributed by atoms with van der Waals surface area (Å²) in [6.07, 6.45) is -4.28. The molecule has 2 heterocycles. The highest BCUT2D eigenvalue weighted by molar-refractivity contribution is 8.00. The molecule has 0 amide bonds. The summed E-state index contributed by atoms with van der Waals surface area (Å²) < 4.78 is 42.2. The lowest BCUT2D eigenvalue weighted by Crippen LogP contribution is -2.21. The van der Waals surface area contributed by atoms with Gasteiger partial charge in [0.1, 0.15) is 6.54 Å². The molecule has 0 aliphatic carbocycles. The minimum atomic E-state index is -4.28. The fourth-order valence-corrected chi connectivity index (χ4v) is 3.40. The summed E-state index contributed by atoms with van der Waals surface area (Å²) in [5, 5.41) is 13.8. The molecular weight excluding hydrogens is 361 g/mol. The molecule has 0 radical (unpaired) electrons. The van der Waals surface area contributed by atoms with Gasteiger partial charge < -0.3 is 9.84 Å². The Labute approximate surface area is 143 Å². The zero-order valence-electron chi connectivity index (χ0n) is 12.1. The van der Waals surface area contributed by atoms with E-state index in [1.807, 2.05) is 36.4 Å². The van der Waals surface area contributed by atoms with Gasteiger partial charge in [-0.1, -0.05) is 58.6 Å². The van der Waals surface area contributed by atoms with E-state index in [4.69, 9.17) is 4.52 Å². The Kier molecular flexibility index (Phi) is 5.05. The molecule has 0 fully saturated rings. The second-order valence-electron chi connectivity index (χ2n) is 4.68. The van der Waals surface area contributed by atoms with E-state index in [1.54, 1.807) is 0 Å². The number of rotatable bonds is 6. The van der Waals surface area contributed by atoms with Crippen LogP contribution in [0.4, 0.5) is 18.3 Å². The molecular formula is C14H11F3N4OS2. The summed E-state index contributed by atoms with van der Waals surface area (Å²) in [5.41, 5.74) is 1.65. The van der Waals surface area contributed by atoms with Crippen molar-refractivity contribution in [3.8, 4) is 11.3 Å². The van der Waals surface area contributed by atoms with E-state index >= 15 is 0 Å². The summed E-state index contributed by atoms with van der Waals surface area (Å²) in [5.74, 6) is 1.15. The van der Waals surface area contributed by atoms with Gasteiger partial charge in [-0.25, -0.2) is 0 Å². The lowest BCUT2D eigenvalue weighted by atomic mass is 10.2. The second kappa shape index (κ2) is 7.22. The lowest BCUT2D eigenvalue weighted by molar-refractivity contribution is -0.115. The summed E-state index contributed by atoms with van der Waals surface area (Å²) in [6.45, 7) is -1.13. The molecule has 10 heteroatoms. The van der Waals surface area contributed by atoms with Crippen molar-refractivity contribution in [1.29, 1.82) is 0 Å². The molecule has 3 rings (SSSR count). The second-order valence-corrected chi connectivity index (χ2v) is 6.88. The van der Waals surface area contributed by atoms with Gasteiger partial charge in [0.2, 0.25) is 5.13 Å². The van der Waals surface area contributed by atoms with Crippen molar-refractivity contribution in [3.05, 3.63) is 42.1 Å². The first kappa shape index (κ1) is 16.8. The van der Waals surface area contributed by atoms with Gasteiger partial charge in [0.25, 0.3) is 0 Å². The largest absolute Gasteiger partial charge is 0.405 e. The Morgan fingerprint density at radius 2 is 1.96 bits per heavy atom. The molecule has 24 heavy (non-hydrogen) atoms. The van der Waals surface area contributed by atoms with Gasteiger partial charge >= 0.3 is 6.18 Å². The SMILES string of the molecule is FC(F)(F)CNc1nnc(SCc2cc(-c3ccccc3)on2)s1. The first-order valence-electron chi connectivity index (χ1n) is 6.77.